The first-order valence-corrected chi connectivity index (χ1v) is 8.74. The van der Waals surface area contributed by atoms with Crippen LogP contribution >= 0.6 is 15.9 Å². The molecule has 0 aliphatic carbocycles. The van der Waals surface area contributed by atoms with E-state index in [-0.39, 0.29) is 12.5 Å². The normalized spacial score (nSPS) is 16.1. The maximum atomic E-state index is 12.2. The van der Waals surface area contributed by atoms with Crippen molar-refractivity contribution in [3.8, 4) is 5.75 Å². The lowest BCUT2D eigenvalue weighted by Crippen LogP contribution is -3.12. The van der Waals surface area contributed by atoms with Crippen molar-refractivity contribution in [2.24, 2.45) is 0 Å². The van der Waals surface area contributed by atoms with Gasteiger partial charge in [-0.05, 0) is 40.2 Å². The number of halogens is 1. The van der Waals surface area contributed by atoms with Crippen molar-refractivity contribution < 1.29 is 18.8 Å². The SMILES string of the molecule is C[NH+]1CCN(NC(=O)c2ccc(COc3ccccc3Br)o2)CC1. The zero-order chi connectivity index (χ0) is 16.9. The summed E-state index contributed by atoms with van der Waals surface area (Å²) < 4.78 is 12.2. The topological polar surface area (TPSA) is 59.2 Å². The monoisotopic (exact) mass is 394 g/mol. The average molecular weight is 395 g/mol. The zero-order valence-electron chi connectivity index (χ0n) is 13.5. The van der Waals surface area contributed by atoms with Crippen molar-refractivity contribution in [3.05, 3.63) is 52.4 Å². The molecule has 0 spiro atoms. The Kier molecular flexibility index (Phi) is 5.55. The Balaban J connectivity index is 1.53. The molecule has 0 radical (unpaired) electrons. The molecule has 1 saturated heterocycles. The Morgan fingerprint density at radius 3 is 2.79 bits per heavy atom. The molecule has 6 nitrogen and oxygen atoms in total. The molecule has 0 bridgehead atoms. The standard InChI is InChI=1S/C17H20BrN3O3/c1-20-8-10-21(11-9-20)19-17(22)16-7-6-13(24-16)12-23-15-5-3-2-4-14(15)18/h2-7H,8-12H2,1H3,(H,19,22)/p+1. The van der Waals surface area contributed by atoms with Crippen molar-refractivity contribution in [3.63, 3.8) is 0 Å². The highest BCUT2D eigenvalue weighted by Crippen LogP contribution is 2.24. The minimum absolute atomic E-state index is 0.221. The molecule has 1 aliphatic heterocycles. The predicted molar refractivity (Wildman–Crippen MR) is 92.8 cm³/mol. The van der Waals surface area contributed by atoms with E-state index in [1.165, 1.54) is 4.90 Å². The Bertz CT molecular complexity index is 696. The van der Waals surface area contributed by atoms with E-state index in [1.54, 1.807) is 12.1 Å². The predicted octanol–water partition coefficient (Wildman–Crippen LogP) is 1.10. The van der Waals surface area contributed by atoms with E-state index in [4.69, 9.17) is 9.15 Å². The molecule has 1 amide bonds. The first kappa shape index (κ1) is 17.0. The van der Waals surface area contributed by atoms with Gasteiger partial charge in [0.2, 0.25) is 0 Å². The van der Waals surface area contributed by atoms with Crippen LogP contribution in [0.15, 0.2) is 45.3 Å². The Morgan fingerprint density at radius 1 is 1.29 bits per heavy atom. The van der Waals surface area contributed by atoms with E-state index in [0.717, 1.165) is 36.4 Å². The highest BCUT2D eigenvalue weighted by molar-refractivity contribution is 9.10. The van der Waals surface area contributed by atoms with E-state index in [1.807, 2.05) is 29.3 Å². The summed E-state index contributed by atoms with van der Waals surface area (Å²) >= 11 is 3.43. The Morgan fingerprint density at radius 2 is 2.04 bits per heavy atom. The van der Waals surface area contributed by atoms with Gasteiger partial charge in [-0.15, -0.1) is 0 Å². The molecule has 24 heavy (non-hydrogen) atoms. The second-order valence-corrected chi connectivity index (χ2v) is 6.72. The number of carbonyl (C=O) groups is 1. The number of quaternary nitrogens is 1. The number of benzene rings is 1. The van der Waals surface area contributed by atoms with Crippen molar-refractivity contribution in [1.29, 1.82) is 0 Å². The van der Waals surface area contributed by atoms with Crippen LogP contribution in [0.3, 0.4) is 0 Å². The number of para-hydroxylation sites is 1. The van der Waals surface area contributed by atoms with Gasteiger partial charge in [-0.2, -0.15) is 0 Å². The number of carbonyl (C=O) groups excluding carboxylic acids is 1. The van der Waals surface area contributed by atoms with Gasteiger partial charge in [-0.25, -0.2) is 5.01 Å². The van der Waals surface area contributed by atoms with E-state index >= 15 is 0 Å². The summed E-state index contributed by atoms with van der Waals surface area (Å²) in [6, 6.07) is 11.0. The van der Waals surface area contributed by atoms with E-state index < -0.39 is 0 Å². The van der Waals surface area contributed by atoms with Gasteiger partial charge >= 0.3 is 5.91 Å². The number of nitrogens with zero attached hydrogens (tertiary/aromatic N) is 1. The van der Waals surface area contributed by atoms with Crippen LogP contribution in [-0.4, -0.2) is 44.1 Å². The molecule has 2 aromatic rings. The van der Waals surface area contributed by atoms with Crippen LogP contribution in [0.5, 0.6) is 5.75 Å². The molecule has 1 aromatic carbocycles. The summed E-state index contributed by atoms with van der Waals surface area (Å²) in [5, 5.41) is 1.94. The molecule has 0 unspecified atom stereocenters. The van der Waals surface area contributed by atoms with Crippen molar-refractivity contribution in [2.45, 2.75) is 6.61 Å². The van der Waals surface area contributed by atoms with Gasteiger partial charge in [-0.3, -0.25) is 10.2 Å². The van der Waals surface area contributed by atoms with Crippen molar-refractivity contribution >= 4 is 21.8 Å². The first-order valence-electron chi connectivity index (χ1n) is 7.95. The van der Waals surface area contributed by atoms with Crippen LogP contribution < -0.4 is 15.1 Å². The summed E-state index contributed by atoms with van der Waals surface area (Å²) in [7, 11) is 2.16. The molecule has 3 rings (SSSR count). The zero-order valence-corrected chi connectivity index (χ0v) is 15.1. The molecule has 128 valence electrons. The molecule has 0 saturated carbocycles. The lowest BCUT2D eigenvalue weighted by atomic mass is 10.3. The molecule has 1 fully saturated rings. The largest absolute Gasteiger partial charge is 0.484 e. The highest BCUT2D eigenvalue weighted by Gasteiger charge is 2.20. The van der Waals surface area contributed by atoms with Gasteiger partial charge in [0.05, 0.1) is 37.7 Å². The highest BCUT2D eigenvalue weighted by atomic mass is 79.9. The van der Waals surface area contributed by atoms with E-state index in [2.05, 4.69) is 28.4 Å². The number of ether oxygens (including phenoxy) is 1. The van der Waals surface area contributed by atoms with Crippen molar-refractivity contribution in [1.82, 2.24) is 10.4 Å². The smallest absolute Gasteiger partial charge is 0.301 e. The third-order valence-electron chi connectivity index (χ3n) is 3.97. The number of amides is 1. The van der Waals surface area contributed by atoms with Crippen LogP contribution in [0.25, 0.3) is 0 Å². The second-order valence-electron chi connectivity index (χ2n) is 5.87. The maximum Gasteiger partial charge on any atom is 0.301 e. The summed E-state index contributed by atoms with van der Waals surface area (Å²) in [6.45, 7) is 3.99. The molecule has 2 N–H and O–H groups in total. The van der Waals surface area contributed by atoms with Crippen molar-refractivity contribution in [2.75, 3.05) is 33.2 Å². The van der Waals surface area contributed by atoms with E-state index in [9.17, 15) is 4.79 Å². The average Bonchev–Trinajstić information content (AvgIpc) is 3.05. The van der Waals surface area contributed by atoms with E-state index in [0.29, 0.717) is 11.5 Å². The number of hydrogen-bond acceptors (Lipinski definition) is 4. The first-order chi connectivity index (χ1) is 11.6. The third kappa shape index (κ3) is 4.37. The summed E-state index contributed by atoms with van der Waals surface area (Å²) in [4.78, 5) is 13.7. The fourth-order valence-electron chi connectivity index (χ4n) is 2.49. The molecule has 2 heterocycles. The minimum Gasteiger partial charge on any atom is -0.484 e. The fraction of sp³-hybridized carbons (Fsp3) is 0.353. The number of likely N-dealkylation sites (N-methyl/N-ethyl adjacent to an activating group) is 1. The lowest BCUT2D eigenvalue weighted by molar-refractivity contribution is -0.884. The van der Waals surface area contributed by atoms with Gasteiger partial charge in [0.15, 0.2) is 5.76 Å². The number of furan rings is 1. The second kappa shape index (κ2) is 7.83. The molecule has 1 aromatic heterocycles. The maximum absolute atomic E-state index is 12.2. The van der Waals surface area contributed by atoms with Gasteiger partial charge < -0.3 is 14.1 Å². The number of rotatable bonds is 5. The molecule has 7 heteroatoms. The molecule has 0 atom stereocenters. The van der Waals surface area contributed by atoms with Gasteiger partial charge in [0.1, 0.15) is 18.1 Å². The third-order valence-corrected chi connectivity index (χ3v) is 4.62. The molecule has 1 aliphatic rings. The molecular weight excluding hydrogens is 374 g/mol. The fourth-order valence-corrected chi connectivity index (χ4v) is 2.89. The number of nitrogens with one attached hydrogen (secondary N) is 2. The van der Waals surface area contributed by atoms with Crippen LogP contribution in [0.4, 0.5) is 0 Å². The van der Waals surface area contributed by atoms with Gasteiger partial charge in [0, 0.05) is 0 Å². The lowest BCUT2D eigenvalue weighted by Gasteiger charge is -2.29. The Hall–Kier alpha value is -1.83. The summed E-state index contributed by atoms with van der Waals surface area (Å²) in [6.07, 6.45) is 0. The quantitative estimate of drug-likeness (QED) is 0.796. The minimum atomic E-state index is -0.221. The van der Waals surface area contributed by atoms with Gasteiger partial charge in [0.25, 0.3) is 0 Å². The van der Waals surface area contributed by atoms with Gasteiger partial charge in [-0.1, -0.05) is 12.1 Å². The summed E-state index contributed by atoms with van der Waals surface area (Å²) in [5.74, 6) is 1.42. The van der Waals surface area contributed by atoms with Crippen LogP contribution in [0.1, 0.15) is 16.3 Å². The number of hydrogen-bond donors (Lipinski definition) is 2. The van der Waals surface area contributed by atoms with Crippen LogP contribution in [-0.2, 0) is 6.61 Å². The van der Waals surface area contributed by atoms with Crippen LogP contribution in [0.2, 0.25) is 0 Å². The number of piperazine rings is 1. The van der Waals surface area contributed by atoms with Crippen LogP contribution in [0, 0.1) is 0 Å². The number of hydrazine groups is 1. The Labute approximate surface area is 149 Å². The molecular formula is C17H21BrN3O3+. The summed E-state index contributed by atoms with van der Waals surface area (Å²) in [5.41, 5.74) is 2.89.